The lowest BCUT2D eigenvalue weighted by Crippen LogP contribution is -2.25. The van der Waals surface area contributed by atoms with Gasteiger partial charge in [0.1, 0.15) is 0 Å². The average Bonchev–Trinajstić information content (AvgIpc) is 3.08. The van der Waals surface area contributed by atoms with Crippen molar-refractivity contribution in [1.29, 1.82) is 0 Å². The Balaban J connectivity index is 2.00. The first-order valence-electron chi connectivity index (χ1n) is 6.80. The van der Waals surface area contributed by atoms with Gasteiger partial charge in [-0.25, -0.2) is 4.68 Å². The van der Waals surface area contributed by atoms with Gasteiger partial charge >= 0.3 is 0 Å². The summed E-state index contributed by atoms with van der Waals surface area (Å²) in [7, 11) is 1.69. The van der Waals surface area contributed by atoms with Crippen LogP contribution in [0.25, 0.3) is 0 Å². The summed E-state index contributed by atoms with van der Waals surface area (Å²) in [5.41, 5.74) is 0. The minimum atomic E-state index is 0.103. The van der Waals surface area contributed by atoms with Crippen LogP contribution in [0.2, 0.25) is 0 Å². The van der Waals surface area contributed by atoms with Crippen LogP contribution in [0.4, 0.5) is 0 Å². The number of rotatable bonds is 8. The highest BCUT2D eigenvalue weighted by Gasteiger charge is 2.14. The van der Waals surface area contributed by atoms with Gasteiger partial charge in [-0.15, -0.1) is 16.4 Å². The van der Waals surface area contributed by atoms with E-state index in [1.165, 1.54) is 9.75 Å². The van der Waals surface area contributed by atoms with Gasteiger partial charge in [0.2, 0.25) is 0 Å². The van der Waals surface area contributed by atoms with Crippen LogP contribution in [0, 0.1) is 0 Å². The number of hydrogen-bond donors (Lipinski definition) is 1. The summed E-state index contributed by atoms with van der Waals surface area (Å²) in [5, 5.41) is 15.3. The molecule has 0 bridgehead atoms. The summed E-state index contributed by atoms with van der Waals surface area (Å²) in [5.74, 6) is 0.854. The first-order chi connectivity index (χ1) is 9.74. The van der Waals surface area contributed by atoms with Crippen molar-refractivity contribution in [2.24, 2.45) is 0 Å². The molecule has 110 valence electrons. The van der Waals surface area contributed by atoms with E-state index in [2.05, 4.69) is 46.8 Å². The zero-order valence-corrected chi connectivity index (χ0v) is 13.0. The molecule has 0 saturated heterocycles. The van der Waals surface area contributed by atoms with E-state index in [0.29, 0.717) is 6.61 Å². The molecule has 0 radical (unpaired) electrons. The van der Waals surface area contributed by atoms with E-state index in [-0.39, 0.29) is 6.04 Å². The van der Waals surface area contributed by atoms with Crippen LogP contribution < -0.4 is 5.32 Å². The van der Waals surface area contributed by atoms with E-state index < -0.39 is 0 Å². The molecule has 0 aliphatic heterocycles. The zero-order chi connectivity index (χ0) is 14.4. The third-order valence-corrected chi connectivity index (χ3v) is 4.29. The average molecular weight is 295 g/mol. The van der Waals surface area contributed by atoms with Gasteiger partial charge in [0, 0.05) is 23.4 Å². The number of aromatic nitrogens is 4. The molecule has 0 aliphatic carbocycles. The highest BCUT2D eigenvalue weighted by molar-refractivity contribution is 7.11. The summed E-state index contributed by atoms with van der Waals surface area (Å²) in [6.45, 7) is 6.41. The maximum absolute atomic E-state index is 5.03. The predicted molar refractivity (Wildman–Crippen MR) is 78.9 cm³/mol. The number of aryl methyl sites for hydroxylation is 1. The van der Waals surface area contributed by atoms with Gasteiger partial charge in [0.15, 0.2) is 5.82 Å². The molecule has 0 saturated carbocycles. The second-order valence-corrected chi connectivity index (χ2v) is 5.84. The fraction of sp³-hybridized carbons (Fsp3) is 0.615. The summed E-state index contributed by atoms with van der Waals surface area (Å²) < 4.78 is 6.89. The summed E-state index contributed by atoms with van der Waals surface area (Å²) in [6.07, 6.45) is 1.07. The minimum absolute atomic E-state index is 0.103. The van der Waals surface area contributed by atoms with E-state index in [1.54, 1.807) is 7.11 Å². The van der Waals surface area contributed by atoms with E-state index in [0.717, 1.165) is 25.3 Å². The van der Waals surface area contributed by atoms with Crippen molar-refractivity contribution < 1.29 is 4.74 Å². The molecule has 1 N–H and O–H groups in total. The molecule has 7 heteroatoms. The number of tetrazole rings is 1. The quantitative estimate of drug-likeness (QED) is 0.750. The second kappa shape index (κ2) is 7.47. The Kier molecular flexibility index (Phi) is 5.63. The van der Waals surface area contributed by atoms with Crippen LogP contribution in [0.1, 0.15) is 35.5 Å². The molecule has 1 atom stereocenters. The Labute approximate surface area is 123 Å². The van der Waals surface area contributed by atoms with Crippen molar-refractivity contribution in [2.45, 2.75) is 32.9 Å². The lowest BCUT2D eigenvalue weighted by Gasteiger charge is -2.12. The highest BCUT2D eigenvalue weighted by atomic mass is 32.1. The van der Waals surface area contributed by atoms with Crippen LogP contribution in [0.3, 0.4) is 0 Å². The van der Waals surface area contributed by atoms with Gasteiger partial charge in [-0.2, -0.15) is 0 Å². The fourth-order valence-corrected chi connectivity index (χ4v) is 2.89. The standard InChI is InChI=1S/C13H21N5OS/c1-4-11-5-6-12(20-11)9-18-13(15-16-17-18)10(2)14-7-8-19-3/h5-6,10,14H,4,7-9H2,1-3H3. The zero-order valence-electron chi connectivity index (χ0n) is 12.2. The van der Waals surface area contributed by atoms with Gasteiger partial charge in [-0.05, 0) is 35.9 Å². The van der Waals surface area contributed by atoms with Gasteiger partial charge in [-0.1, -0.05) is 6.92 Å². The third-order valence-electron chi connectivity index (χ3n) is 3.07. The van der Waals surface area contributed by atoms with Crippen molar-refractivity contribution in [2.75, 3.05) is 20.3 Å². The Morgan fingerprint density at radius 3 is 2.90 bits per heavy atom. The topological polar surface area (TPSA) is 64.9 Å². The van der Waals surface area contributed by atoms with Crippen LogP contribution >= 0.6 is 11.3 Å². The molecular formula is C13H21N5OS. The molecule has 6 nitrogen and oxygen atoms in total. The smallest absolute Gasteiger partial charge is 0.168 e. The number of thiophene rings is 1. The fourth-order valence-electron chi connectivity index (χ4n) is 1.95. The third kappa shape index (κ3) is 3.84. The SMILES string of the molecule is CCc1ccc(Cn2nnnc2C(C)NCCOC)s1. The number of methoxy groups -OCH3 is 1. The van der Waals surface area contributed by atoms with Crippen molar-refractivity contribution in [3.8, 4) is 0 Å². The van der Waals surface area contributed by atoms with Crippen molar-refractivity contribution >= 4 is 11.3 Å². The van der Waals surface area contributed by atoms with Crippen LogP contribution in [0.5, 0.6) is 0 Å². The van der Waals surface area contributed by atoms with Crippen LogP contribution in [-0.2, 0) is 17.7 Å². The Bertz CT molecular complexity index is 524. The maximum atomic E-state index is 5.03. The highest BCUT2D eigenvalue weighted by Crippen LogP contribution is 2.19. The lowest BCUT2D eigenvalue weighted by atomic mass is 10.3. The van der Waals surface area contributed by atoms with Crippen LogP contribution in [0.15, 0.2) is 12.1 Å². The second-order valence-electron chi connectivity index (χ2n) is 4.58. The minimum Gasteiger partial charge on any atom is -0.383 e. The lowest BCUT2D eigenvalue weighted by molar-refractivity contribution is 0.196. The number of nitrogens with zero attached hydrogens (tertiary/aromatic N) is 4. The monoisotopic (exact) mass is 295 g/mol. The molecule has 20 heavy (non-hydrogen) atoms. The van der Waals surface area contributed by atoms with E-state index in [9.17, 15) is 0 Å². The summed E-state index contributed by atoms with van der Waals surface area (Å²) >= 11 is 1.82. The normalized spacial score (nSPS) is 12.8. The Morgan fingerprint density at radius 2 is 2.20 bits per heavy atom. The molecule has 0 spiro atoms. The van der Waals surface area contributed by atoms with Crippen LogP contribution in [-0.4, -0.2) is 40.5 Å². The molecule has 0 aromatic carbocycles. The predicted octanol–water partition coefficient (Wildman–Crippen LogP) is 1.64. The van der Waals surface area contributed by atoms with Gasteiger partial charge in [0.05, 0.1) is 19.2 Å². The van der Waals surface area contributed by atoms with Crippen molar-refractivity contribution in [1.82, 2.24) is 25.5 Å². The number of hydrogen-bond acceptors (Lipinski definition) is 6. The first-order valence-corrected chi connectivity index (χ1v) is 7.62. The Hall–Kier alpha value is -1.31. The summed E-state index contributed by atoms with van der Waals surface area (Å²) in [4.78, 5) is 2.67. The molecule has 2 aromatic rings. The van der Waals surface area contributed by atoms with Crippen molar-refractivity contribution in [3.05, 3.63) is 27.7 Å². The molecule has 0 aliphatic rings. The largest absolute Gasteiger partial charge is 0.383 e. The molecule has 0 amide bonds. The molecule has 2 rings (SSSR count). The van der Waals surface area contributed by atoms with E-state index in [1.807, 2.05) is 16.0 Å². The van der Waals surface area contributed by atoms with Gasteiger partial charge in [0.25, 0.3) is 0 Å². The Morgan fingerprint density at radius 1 is 1.40 bits per heavy atom. The van der Waals surface area contributed by atoms with Crippen molar-refractivity contribution in [3.63, 3.8) is 0 Å². The summed E-state index contributed by atoms with van der Waals surface area (Å²) in [6, 6.07) is 4.42. The number of nitrogens with one attached hydrogen (secondary N) is 1. The number of ether oxygens (including phenoxy) is 1. The first kappa shape index (κ1) is 15.1. The van der Waals surface area contributed by atoms with Gasteiger partial charge in [-0.3, -0.25) is 0 Å². The van der Waals surface area contributed by atoms with Gasteiger partial charge < -0.3 is 10.1 Å². The molecule has 1 unspecified atom stereocenters. The maximum Gasteiger partial charge on any atom is 0.168 e. The molecule has 2 heterocycles. The molecular weight excluding hydrogens is 274 g/mol. The van der Waals surface area contributed by atoms with E-state index in [4.69, 9.17) is 4.74 Å². The molecule has 2 aromatic heterocycles. The van der Waals surface area contributed by atoms with E-state index >= 15 is 0 Å². The molecule has 0 fully saturated rings.